The fourth-order valence-electron chi connectivity index (χ4n) is 3.32. The Balaban J connectivity index is 2.58. The Bertz CT molecular complexity index is 525. The van der Waals surface area contributed by atoms with E-state index >= 15 is 0 Å². The number of carbonyl (C=O) groups is 4. The summed E-state index contributed by atoms with van der Waals surface area (Å²) in [4.78, 5) is 47.5. The number of ketones is 1. The molecule has 0 spiro atoms. The molecule has 0 radical (unpaired) electrons. The summed E-state index contributed by atoms with van der Waals surface area (Å²) in [6, 6.07) is 0. The highest BCUT2D eigenvalue weighted by Crippen LogP contribution is 2.55. The fourth-order valence-corrected chi connectivity index (χ4v) is 3.32. The van der Waals surface area contributed by atoms with Gasteiger partial charge in [-0.05, 0) is 13.3 Å². The molecule has 2 fully saturated rings. The summed E-state index contributed by atoms with van der Waals surface area (Å²) in [6.07, 6.45) is -0.782. The van der Waals surface area contributed by atoms with Crippen LogP contribution >= 0.6 is 0 Å². The molecule has 0 aromatic carbocycles. The van der Waals surface area contributed by atoms with Crippen LogP contribution in [0.1, 0.15) is 40.5 Å². The summed E-state index contributed by atoms with van der Waals surface area (Å²) >= 11 is 0. The molecule has 1 heterocycles. The van der Waals surface area contributed by atoms with Gasteiger partial charge in [-0.2, -0.15) is 0 Å². The largest absolute Gasteiger partial charge is 0.445 e. The van der Waals surface area contributed by atoms with E-state index in [1.54, 1.807) is 6.92 Å². The van der Waals surface area contributed by atoms with Crippen LogP contribution in [0, 0.1) is 11.3 Å². The van der Waals surface area contributed by atoms with Gasteiger partial charge in [-0.25, -0.2) is 4.79 Å². The summed E-state index contributed by atoms with van der Waals surface area (Å²) in [5, 5.41) is 0. The number of esters is 3. The molecule has 2 aliphatic rings. The van der Waals surface area contributed by atoms with Crippen molar-refractivity contribution in [3.8, 4) is 0 Å². The van der Waals surface area contributed by atoms with E-state index in [4.69, 9.17) is 14.2 Å². The molecule has 0 aromatic rings. The van der Waals surface area contributed by atoms with E-state index in [1.165, 1.54) is 6.92 Å². The van der Waals surface area contributed by atoms with Crippen molar-refractivity contribution in [1.82, 2.24) is 0 Å². The Kier molecular flexibility index (Phi) is 3.55. The lowest BCUT2D eigenvalue weighted by atomic mass is 9.59. The predicted octanol–water partition coefficient (Wildman–Crippen LogP) is 0.740. The van der Waals surface area contributed by atoms with Crippen LogP contribution in [-0.4, -0.2) is 35.6 Å². The molecule has 4 atom stereocenters. The predicted molar refractivity (Wildman–Crippen MR) is 67.7 cm³/mol. The second-order valence-electron chi connectivity index (χ2n) is 5.74. The Labute approximate surface area is 121 Å². The first kappa shape index (κ1) is 15.5. The fraction of sp³-hybridized carbons (Fsp3) is 0.714. The van der Waals surface area contributed by atoms with Gasteiger partial charge >= 0.3 is 17.9 Å². The molecular weight excluding hydrogens is 280 g/mol. The smallest absolute Gasteiger partial charge is 0.355 e. The Morgan fingerprint density at radius 3 is 2.38 bits per heavy atom. The number of hydrogen-bond acceptors (Lipinski definition) is 7. The maximum Gasteiger partial charge on any atom is 0.355 e. The zero-order valence-corrected chi connectivity index (χ0v) is 12.4. The SMILES string of the molecule is CC(=O)O[C@@H]1OC(=O)[C@]2(OC(C)=O)[C@@H](C)CCC(=O)[C@]12C. The van der Waals surface area contributed by atoms with E-state index in [1.807, 2.05) is 0 Å². The number of carbonyl (C=O) groups excluding carboxylic acids is 4. The highest BCUT2D eigenvalue weighted by Gasteiger charge is 2.76. The number of cyclic esters (lactones) is 1. The van der Waals surface area contributed by atoms with E-state index in [-0.39, 0.29) is 12.2 Å². The summed E-state index contributed by atoms with van der Waals surface area (Å²) in [6.45, 7) is 5.48. The van der Waals surface area contributed by atoms with Crippen molar-refractivity contribution in [2.75, 3.05) is 0 Å². The molecule has 1 aliphatic heterocycles. The maximum atomic E-state index is 12.5. The van der Waals surface area contributed by atoms with Crippen LogP contribution < -0.4 is 0 Å². The Morgan fingerprint density at radius 2 is 1.86 bits per heavy atom. The maximum absolute atomic E-state index is 12.5. The molecule has 0 bridgehead atoms. The van der Waals surface area contributed by atoms with Crippen molar-refractivity contribution < 1.29 is 33.4 Å². The standard InChI is InChI=1S/C14H18O7/c1-7-5-6-10(17)13(4)12(19-8(2)15)20-11(18)14(7,13)21-9(3)16/h7,12H,5-6H2,1-4H3/t7-,12+,13+,14+/m0/s1. The second-order valence-corrected chi connectivity index (χ2v) is 5.74. The van der Waals surface area contributed by atoms with E-state index < -0.39 is 41.1 Å². The van der Waals surface area contributed by atoms with Gasteiger partial charge in [0.2, 0.25) is 5.60 Å². The lowest BCUT2D eigenvalue weighted by Crippen LogP contribution is -2.63. The lowest BCUT2D eigenvalue weighted by molar-refractivity contribution is -0.204. The van der Waals surface area contributed by atoms with Gasteiger partial charge < -0.3 is 14.2 Å². The molecule has 116 valence electrons. The van der Waals surface area contributed by atoms with Crippen LogP contribution in [0.25, 0.3) is 0 Å². The van der Waals surface area contributed by atoms with Crippen molar-refractivity contribution in [2.45, 2.75) is 52.4 Å². The van der Waals surface area contributed by atoms with Gasteiger partial charge in [0, 0.05) is 26.2 Å². The third-order valence-electron chi connectivity index (χ3n) is 4.42. The topological polar surface area (TPSA) is 96.0 Å². The minimum absolute atomic E-state index is 0.203. The molecule has 1 saturated heterocycles. The highest BCUT2D eigenvalue weighted by atomic mass is 16.7. The third kappa shape index (κ3) is 1.94. The normalized spacial score (nSPS) is 38.5. The highest BCUT2D eigenvalue weighted by molar-refractivity contribution is 6.00. The van der Waals surface area contributed by atoms with Gasteiger partial charge in [-0.15, -0.1) is 0 Å². The van der Waals surface area contributed by atoms with Crippen LogP contribution in [-0.2, 0) is 33.4 Å². The second kappa shape index (κ2) is 4.82. The van der Waals surface area contributed by atoms with Gasteiger partial charge in [-0.3, -0.25) is 14.4 Å². The van der Waals surface area contributed by atoms with Crippen LogP contribution in [0.3, 0.4) is 0 Å². The van der Waals surface area contributed by atoms with Crippen LogP contribution in [0.5, 0.6) is 0 Å². The minimum atomic E-state index is -1.74. The van der Waals surface area contributed by atoms with Gasteiger partial charge in [-0.1, -0.05) is 6.92 Å². The van der Waals surface area contributed by atoms with E-state index in [0.29, 0.717) is 6.42 Å². The van der Waals surface area contributed by atoms with Crippen LogP contribution in [0.4, 0.5) is 0 Å². The van der Waals surface area contributed by atoms with Crippen LogP contribution in [0.2, 0.25) is 0 Å². The van der Waals surface area contributed by atoms with Crippen LogP contribution in [0.15, 0.2) is 0 Å². The number of Topliss-reactive ketones (excluding diaryl/α,β-unsaturated/α-hetero) is 1. The number of ether oxygens (including phenoxy) is 3. The molecule has 1 aliphatic carbocycles. The van der Waals surface area contributed by atoms with Crippen molar-refractivity contribution in [3.05, 3.63) is 0 Å². The average Bonchev–Trinajstić information content (AvgIpc) is 2.57. The van der Waals surface area contributed by atoms with Crippen molar-refractivity contribution >= 4 is 23.7 Å². The third-order valence-corrected chi connectivity index (χ3v) is 4.42. The van der Waals surface area contributed by atoms with Crippen molar-refractivity contribution in [3.63, 3.8) is 0 Å². The van der Waals surface area contributed by atoms with E-state index in [9.17, 15) is 19.2 Å². The quantitative estimate of drug-likeness (QED) is 0.694. The summed E-state index contributed by atoms with van der Waals surface area (Å²) in [5.74, 6) is -2.95. The lowest BCUT2D eigenvalue weighted by Gasteiger charge is -2.45. The first-order chi connectivity index (χ1) is 9.66. The monoisotopic (exact) mass is 298 g/mol. The molecule has 0 aromatic heterocycles. The molecule has 0 amide bonds. The van der Waals surface area contributed by atoms with Gasteiger partial charge in [0.25, 0.3) is 6.29 Å². The minimum Gasteiger partial charge on any atom is -0.445 e. The Hall–Kier alpha value is -1.92. The van der Waals surface area contributed by atoms with Gasteiger partial charge in [0.15, 0.2) is 11.2 Å². The first-order valence-electron chi connectivity index (χ1n) is 6.77. The molecule has 0 unspecified atom stereocenters. The van der Waals surface area contributed by atoms with Gasteiger partial charge in [0.05, 0.1) is 0 Å². The number of rotatable bonds is 2. The molecular formula is C14H18O7. The Morgan fingerprint density at radius 1 is 1.24 bits per heavy atom. The number of fused-ring (bicyclic) bond motifs is 1. The molecule has 7 nitrogen and oxygen atoms in total. The van der Waals surface area contributed by atoms with E-state index in [0.717, 1.165) is 13.8 Å². The van der Waals surface area contributed by atoms with Gasteiger partial charge in [0.1, 0.15) is 0 Å². The molecule has 0 N–H and O–H groups in total. The molecule has 21 heavy (non-hydrogen) atoms. The zero-order valence-electron chi connectivity index (χ0n) is 12.4. The summed E-state index contributed by atoms with van der Waals surface area (Å²) in [5.41, 5.74) is -3.27. The molecule has 2 rings (SSSR count). The summed E-state index contributed by atoms with van der Waals surface area (Å²) in [7, 11) is 0. The average molecular weight is 298 g/mol. The number of hydrogen-bond donors (Lipinski definition) is 0. The first-order valence-corrected chi connectivity index (χ1v) is 6.77. The molecule has 1 saturated carbocycles. The van der Waals surface area contributed by atoms with E-state index in [2.05, 4.69) is 0 Å². The van der Waals surface area contributed by atoms with Crippen molar-refractivity contribution in [2.24, 2.45) is 11.3 Å². The molecule has 7 heteroatoms. The van der Waals surface area contributed by atoms with Crippen molar-refractivity contribution in [1.29, 1.82) is 0 Å². The summed E-state index contributed by atoms with van der Waals surface area (Å²) < 4.78 is 15.4. The zero-order chi connectivity index (χ0) is 16.0.